The minimum atomic E-state index is -3.87. The number of aromatic nitrogens is 1. The minimum absolute atomic E-state index is 0.0594. The van der Waals surface area contributed by atoms with Gasteiger partial charge in [0, 0.05) is 24.2 Å². The van der Waals surface area contributed by atoms with Gasteiger partial charge in [-0.15, -0.1) is 11.3 Å². The van der Waals surface area contributed by atoms with Crippen molar-refractivity contribution in [1.29, 1.82) is 0 Å². The number of benzene rings is 1. The summed E-state index contributed by atoms with van der Waals surface area (Å²) in [5, 5.41) is 4.46. The summed E-state index contributed by atoms with van der Waals surface area (Å²) < 4.78 is 32.7. The summed E-state index contributed by atoms with van der Waals surface area (Å²) in [6.45, 7) is 3.42. The minimum Gasteiger partial charge on any atom is -0.492 e. The molecule has 0 fully saturated rings. The van der Waals surface area contributed by atoms with Gasteiger partial charge in [-0.2, -0.15) is 0 Å². The van der Waals surface area contributed by atoms with Crippen LogP contribution in [-0.4, -0.2) is 25.9 Å². The van der Waals surface area contributed by atoms with Crippen molar-refractivity contribution in [2.45, 2.75) is 18.7 Å². The number of rotatable bonds is 6. The summed E-state index contributed by atoms with van der Waals surface area (Å²) in [7, 11) is -3.87. The molecule has 22 heavy (non-hydrogen) atoms. The van der Waals surface area contributed by atoms with E-state index in [-0.39, 0.29) is 21.7 Å². The Balaban J connectivity index is 2.42. The highest BCUT2D eigenvalue weighted by Crippen LogP contribution is 2.29. The number of hydrogen-bond acceptors (Lipinski definition) is 6. The van der Waals surface area contributed by atoms with Crippen molar-refractivity contribution in [3.63, 3.8) is 0 Å². The molecule has 0 atom stereocenters. The average molecular weight is 341 g/mol. The van der Waals surface area contributed by atoms with E-state index in [1.165, 1.54) is 36.6 Å². The first kappa shape index (κ1) is 16.2. The molecule has 118 valence electrons. The van der Waals surface area contributed by atoms with Crippen LogP contribution in [0.25, 0.3) is 0 Å². The standard InChI is InChI=1S/C13H15N3O4S2/c1-3-20-11-5-4-10(15-9(2)17)8-12(11)22(18,19)16-13-14-6-7-21-13/h4-8H,3H2,1-2H3,(H,14,16)(H,15,17). The number of hydrogen-bond donors (Lipinski definition) is 2. The third-order valence-corrected chi connectivity index (χ3v) is 4.69. The van der Waals surface area contributed by atoms with Crippen LogP contribution in [0.5, 0.6) is 5.75 Å². The molecule has 0 bridgehead atoms. The third-order valence-electron chi connectivity index (χ3n) is 2.51. The van der Waals surface area contributed by atoms with Gasteiger partial charge in [-0.1, -0.05) is 0 Å². The molecule has 1 aromatic carbocycles. The quantitative estimate of drug-likeness (QED) is 0.840. The van der Waals surface area contributed by atoms with E-state index in [0.717, 1.165) is 0 Å². The van der Waals surface area contributed by atoms with E-state index in [0.29, 0.717) is 12.3 Å². The molecule has 0 saturated carbocycles. The van der Waals surface area contributed by atoms with Crippen LogP contribution in [-0.2, 0) is 14.8 Å². The van der Waals surface area contributed by atoms with Crippen molar-refractivity contribution in [3.05, 3.63) is 29.8 Å². The number of ether oxygens (including phenoxy) is 1. The second kappa shape index (κ2) is 6.75. The van der Waals surface area contributed by atoms with Crippen LogP contribution in [0.15, 0.2) is 34.7 Å². The Bertz CT molecular complexity index is 758. The van der Waals surface area contributed by atoms with Crippen LogP contribution in [0, 0.1) is 0 Å². The maximum Gasteiger partial charge on any atom is 0.267 e. The highest BCUT2D eigenvalue weighted by Gasteiger charge is 2.21. The van der Waals surface area contributed by atoms with Gasteiger partial charge in [-0.25, -0.2) is 13.4 Å². The van der Waals surface area contributed by atoms with Gasteiger partial charge in [0.1, 0.15) is 10.6 Å². The molecular weight excluding hydrogens is 326 g/mol. The molecule has 0 unspecified atom stereocenters. The van der Waals surface area contributed by atoms with Crippen LogP contribution >= 0.6 is 11.3 Å². The predicted molar refractivity (Wildman–Crippen MR) is 84.8 cm³/mol. The van der Waals surface area contributed by atoms with Crippen molar-refractivity contribution >= 4 is 38.1 Å². The number of sulfonamides is 1. The van der Waals surface area contributed by atoms with Crippen LogP contribution in [0.1, 0.15) is 13.8 Å². The summed E-state index contributed by atoms with van der Waals surface area (Å²) in [5.74, 6) is -0.0824. The van der Waals surface area contributed by atoms with Gasteiger partial charge < -0.3 is 10.1 Å². The lowest BCUT2D eigenvalue weighted by Gasteiger charge is -2.13. The number of anilines is 2. The molecule has 0 spiro atoms. The van der Waals surface area contributed by atoms with Crippen molar-refractivity contribution in [2.24, 2.45) is 0 Å². The van der Waals surface area contributed by atoms with Crippen molar-refractivity contribution < 1.29 is 17.9 Å². The fourth-order valence-corrected chi connectivity index (χ4v) is 3.68. The fourth-order valence-electron chi connectivity index (χ4n) is 1.72. The first-order chi connectivity index (χ1) is 10.4. The van der Waals surface area contributed by atoms with E-state index in [1.807, 2.05) is 0 Å². The zero-order valence-electron chi connectivity index (χ0n) is 12.0. The van der Waals surface area contributed by atoms with Crippen LogP contribution in [0.4, 0.5) is 10.8 Å². The summed E-state index contributed by atoms with van der Waals surface area (Å²) >= 11 is 1.17. The van der Waals surface area contributed by atoms with Gasteiger partial charge in [0.25, 0.3) is 10.0 Å². The van der Waals surface area contributed by atoms with Gasteiger partial charge in [0.2, 0.25) is 5.91 Å². The molecule has 1 amide bonds. The van der Waals surface area contributed by atoms with Crippen LogP contribution < -0.4 is 14.8 Å². The fraction of sp³-hybridized carbons (Fsp3) is 0.231. The maximum atomic E-state index is 12.5. The Kier molecular flexibility index (Phi) is 4.99. The Morgan fingerprint density at radius 2 is 2.18 bits per heavy atom. The number of carbonyl (C=O) groups excluding carboxylic acids is 1. The monoisotopic (exact) mass is 341 g/mol. The van der Waals surface area contributed by atoms with Gasteiger partial charge in [-0.05, 0) is 25.1 Å². The zero-order chi connectivity index (χ0) is 16.2. The summed E-state index contributed by atoms with van der Waals surface area (Å²) in [5.41, 5.74) is 0.371. The van der Waals surface area contributed by atoms with E-state index in [1.54, 1.807) is 18.4 Å². The van der Waals surface area contributed by atoms with E-state index in [9.17, 15) is 13.2 Å². The molecule has 9 heteroatoms. The smallest absolute Gasteiger partial charge is 0.267 e. The van der Waals surface area contributed by atoms with Gasteiger partial charge in [0.05, 0.1) is 6.61 Å². The number of thiazole rings is 1. The summed E-state index contributed by atoms with van der Waals surface area (Å²) in [6.07, 6.45) is 1.50. The molecule has 0 aliphatic rings. The molecule has 1 heterocycles. The number of amides is 1. The molecular formula is C13H15N3O4S2. The SMILES string of the molecule is CCOc1ccc(NC(C)=O)cc1S(=O)(=O)Nc1nccs1. The van der Waals surface area contributed by atoms with Crippen molar-refractivity contribution in [2.75, 3.05) is 16.6 Å². The molecule has 0 saturated heterocycles. The lowest BCUT2D eigenvalue weighted by atomic mass is 10.3. The maximum absolute atomic E-state index is 12.5. The average Bonchev–Trinajstić information content (AvgIpc) is 2.92. The largest absolute Gasteiger partial charge is 0.492 e. The molecule has 7 nitrogen and oxygen atoms in total. The number of nitrogens with one attached hydrogen (secondary N) is 2. The van der Waals surface area contributed by atoms with Gasteiger partial charge in [0.15, 0.2) is 5.13 Å². The Morgan fingerprint density at radius 1 is 1.41 bits per heavy atom. The Labute approximate surface area is 132 Å². The van der Waals surface area contributed by atoms with Crippen LogP contribution in [0.2, 0.25) is 0 Å². The number of nitrogens with zero attached hydrogens (tertiary/aromatic N) is 1. The van der Waals surface area contributed by atoms with Crippen molar-refractivity contribution in [3.8, 4) is 5.75 Å². The Hall–Kier alpha value is -2.13. The molecule has 1 aromatic heterocycles. The van der Waals surface area contributed by atoms with Gasteiger partial charge in [-0.3, -0.25) is 9.52 Å². The third kappa shape index (κ3) is 3.95. The van der Waals surface area contributed by atoms with Crippen LogP contribution in [0.3, 0.4) is 0 Å². The molecule has 0 radical (unpaired) electrons. The lowest BCUT2D eigenvalue weighted by Crippen LogP contribution is -2.15. The van der Waals surface area contributed by atoms with Gasteiger partial charge >= 0.3 is 0 Å². The Morgan fingerprint density at radius 3 is 2.77 bits per heavy atom. The second-order valence-corrected chi connectivity index (χ2v) is 6.76. The number of carbonyl (C=O) groups is 1. The molecule has 0 aliphatic carbocycles. The van der Waals surface area contributed by atoms with Crippen molar-refractivity contribution in [1.82, 2.24) is 4.98 Å². The molecule has 2 N–H and O–H groups in total. The molecule has 2 aromatic rings. The predicted octanol–water partition coefficient (Wildman–Crippen LogP) is 2.30. The normalized spacial score (nSPS) is 11.0. The van der Waals surface area contributed by atoms with E-state index in [2.05, 4.69) is 15.0 Å². The lowest BCUT2D eigenvalue weighted by molar-refractivity contribution is -0.114. The highest BCUT2D eigenvalue weighted by atomic mass is 32.2. The summed E-state index contributed by atoms with van der Waals surface area (Å²) in [6, 6.07) is 4.43. The summed E-state index contributed by atoms with van der Waals surface area (Å²) in [4.78, 5) is 15.0. The molecule has 0 aliphatic heterocycles. The molecule has 2 rings (SSSR count). The highest BCUT2D eigenvalue weighted by molar-refractivity contribution is 7.93. The zero-order valence-corrected chi connectivity index (χ0v) is 13.6. The first-order valence-electron chi connectivity index (χ1n) is 6.39. The second-order valence-electron chi connectivity index (χ2n) is 4.22. The first-order valence-corrected chi connectivity index (χ1v) is 8.75. The topological polar surface area (TPSA) is 97.4 Å². The van der Waals surface area contributed by atoms with E-state index < -0.39 is 10.0 Å². The van der Waals surface area contributed by atoms with E-state index in [4.69, 9.17) is 4.74 Å². The van der Waals surface area contributed by atoms with E-state index >= 15 is 0 Å².